The third-order valence-corrected chi connectivity index (χ3v) is 6.24. The molecule has 148 valence electrons. The van der Waals surface area contributed by atoms with Crippen LogP contribution in [0.15, 0.2) is 18.5 Å². The molecule has 0 spiro atoms. The van der Waals surface area contributed by atoms with Gasteiger partial charge in [-0.05, 0) is 43.8 Å². The van der Waals surface area contributed by atoms with Crippen molar-refractivity contribution in [2.45, 2.75) is 25.0 Å². The highest BCUT2D eigenvalue weighted by molar-refractivity contribution is 5.78. The molecule has 1 aliphatic carbocycles. The molecule has 2 saturated heterocycles. The fourth-order valence-electron chi connectivity index (χ4n) is 4.71. The fourth-order valence-corrected chi connectivity index (χ4v) is 4.71. The quantitative estimate of drug-likeness (QED) is 0.734. The molecule has 0 radical (unpaired) electrons. The summed E-state index contributed by atoms with van der Waals surface area (Å²) in [5.74, 6) is 2.23. The van der Waals surface area contributed by atoms with Gasteiger partial charge in [0.1, 0.15) is 0 Å². The minimum Gasteiger partial charge on any atom is -0.379 e. The molecular weight excluding hydrogens is 344 g/mol. The number of amides is 1. The monoisotopic (exact) mass is 374 g/mol. The van der Waals surface area contributed by atoms with Gasteiger partial charge >= 0.3 is 0 Å². The van der Waals surface area contributed by atoms with Crippen LogP contribution >= 0.6 is 0 Å². The molecule has 2 aliphatic heterocycles. The molecular formula is C19H30N6O2. The van der Waals surface area contributed by atoms with Crippen molar-refractivity contribution in [1.29, 1.82) is 0 Å². The van der Waals surface area contributed by atoms with E-state index in [2.05, 4.69) is 30.4 Å². The zero-order chi connectivity index (χ0) is 18.6. The summed E-state index contributed by atoms with van der Waals surface area (Å²) in [5, 5.41) is 6.73. The van der Waals surface area contributed by atoms with Crippen LogP contribution < -0.4 is 15.5 Å². The van der Waals surface area contributed by atoms with Crippen molar-refractivity contribution in [2.75, 3.05) is 57.8 Å². The van der Waals surface area contributed by atoms with E-state index in [-0.39, 0.29) is 18.1 Å². The number of nitrogens with one attached hydrogen (secondary N) is 2. The Hall–Kier alpha value is -1.77. The minimum absolute atomic E-state index is 0.107. The Labute approximate surface area is 160 Å². The number of nitrogens with zero attached hydrogens (tertiary/aromatic N) is 4. The van der Waals surface area contributed by atoms with Crippen molar-refractivity contribution in [1.82, 2.24) is 25.5 Å². The summed E-state index contributed by atoms with van der Waals surface area (Å²) in [4.78, 5) is 25.6. The number of carbonyl (C=O) groups excluding carboxylic acids is 1. The highest BCUT2D eigenvalue weighted by atomic mass is 16.5. The lowest BCUT2D eigenvalue weighted by Gasteiger charge is -2.38. The number of fused-ring (bicyclic) bond motifs is 1. The van der Waals surface area contributed by atoms with Crippen molar-refractivity contribution in [3.05, 3.63) is 18.5 Å². The molecule has 4 atom stereocenters. The average molecular weight is 374 g/mol. The summed E-state index contributed by atoms with van der Waals surface area (Å²) in [5.41, 5.74) is 0. The molecule has 3 fully saturated rings. The summed E-state index contributed by atoms with van der Waals surface area (Å²) < 4.78 is 5.69. The van der Waals surface area contributed by atoms with Crippen molar-refractivity contribution in [3.63, 3.8) is 0 Å². The first-order chi connectivity index (χ1) is 13.2. The first-order valence-electron chi connectivity index (χ1n) is 10.00. The Kier molecular flexibility index (Phi) is 5.85. The standard InChI is InChI=1S/C19H30N6O2/c1-27-17-10-15-12-20-11-14(15)9-16(17)23-18(26)13-24-5-7-25(8-6-24)19-21-3-2-4-22-19/h2-4,14-17,20H,5-13H2,1H3,(H,23,26)/t14-,15+,16-,17-/m0/s1. The smallest absolute Gasteiger partial charge is 0.234 e. The van der Waals surface area contributed by atoms with Crippen molar-refractivity contribution < 1.29 is 9.53 Å². The minimum atomic E-state index is 0.107. The zero-order valence-corrected chi connectivity index (χ0v) is 16.0. The third kappa shape index (κ3) is 4.39. The van der Waals surface area contributed by atoms with E-state index in [9.17, 15) is 4.79 Å². The molecule has 0 unspecified atom stereocenters. The number of hydrogen-bond donors (Lipinski definition) is 2. The van der Waals surface area contributed by atoms with Gasteiger partial charge in [-0.2, -0.15) is 0 Å². The second kappa shape index (κ2) is 8.50. The van der Waals surface area contributed by atoms with Crippen LogP contribution in [-0.4, -0.2) is 85.8 Å². The molecule has 8 nitrogen and oxygen atoms in total. The highest BCUT2D eigenvalue weighted by Crippen LogP contribution is 2.34. The molecule has 8 heteroatoms. The number of aromatic nitrogens is 2. The van der Waals surface area contributed by atoms with E-state index < -0.39 is 0 Å². The number of carbonyl (C=O) groups is 1. The number of ether oxygens (including phenoxy) is 1. The van der Waals surface area contributed by atoms with Gasteiger partial charge in [0, 0.05) is 45.7 Å². The van der Waals surface area contributed by atoms with Gasteiger partial charge in [-0.1, -0.05) is 0 Å². The second-order valence-electron chi connectivity index (χ2n) is 7.91. The molecule has 1 saturated carbocycles. The first kappa shape index (κ1) is 18.6. The lowest BCUT2D eigenvalue weighted by Crippen LogP contribution is -2.54. The molecule has 27 heavy (non-hydrogen) atoms. The molecule has 3 heterocycles. The third-order valence-electron chi connectivity index (χ3n) is 6.24. The molecule has 4 rings (SSSR count). The van der Waals surface area contributed by atoms with E-state index in [1.807, 2.05) is 6.07 Å². The lowest BCUT2D eigenvalue weighted by atomic mass is 9.77. The summed E-state index contributed by atoms with van der Waals surface area (Å²) >= 11 is 0. The normalized spacial score (nSPS) is 31.5. The van der Waals surface area contributed by atoms with Crippen molar-refractivity contribution in [2.24, 2.45) is 11.8 Å². The van der Waals surface area contributed by atoms with Gasteiger partial charge in [-0.25, -0.2) is 9.97 Å². The van der Waals surface area contributed by atoms with Gasteiger partial charge in [0.2, 0.25) is 11.9 Å². The molecule has 1 aromatic rings. The van der Waals surface area contributed by atoms with Crippen molar-refractivity contribution in [3.8, 4) is 0 Å². The Morgan fingerprint density at radius 3 is 2.59 bits per heavy atom. The van der Waals surface area contributed by atoms with Crippen LogP contribution in [0, 0.1) is 11.8 Å². The Morgan fingerprint density at radius 2 is 1.89 bits per heavy atom. The first-order valence-corrected chi connectivity index (χ1v) is 10.00. The van der Waals surface area contributed by atoms with Crippen LogP contribution in [0.1, 0.15) is 12.8 Å². The predicted molar refractivity (Wildman–Crippen MR) is 102 cm³/mol. The van der Waals surface area contributed by atoms with E-state index in [4.69, 9.17) is 4.74 Å². The van der Waals surface area contributed by atoms with Gasteiger partial charge < -0.3 is 20.3 Å². The zero-order valence-electron chi connectivity index (χ0n) is 16.0. The SMILES string of the molecule is CO[C@H]1C[C@@H]2CNC[C@@H]2C[C@@H]1NC(=O)CN1CCN(c2ncccn2)CC1. The van der Waals surface area contributed by atoms with Crippen LogP contribution in [-0.2, 0) is 9.53 Å². The molecule has 2 N–H and O–H groups in total. The van der Waals surface area contributed by atoms with Crippen LogP contribution in [0.4, 0.5) is 5.95 Å². The fraction of sp³-hybridized carbons (Fsp3) is 0.737. The van der Waals surface area contributed by atoms with Crippen molar-refractivity contribution >= 4 is 11.9 Å². The Balaban J connectivity index is 1.25. The number of methoxy groups -OCH3 is 1. The van der Waals surface area contributed by atoms with Gasteiger partial charge in [0.05, 0.1) is 18.7 Å². The van der Waals surface area contributed by atoms with Gasteiger partial charge in [-0.15, -0.1) is 0 Å². The highest BCUT2D eigenvalue weighted by Gasteiger charge is 2.40. The van der Waals surface area contributed by atoms with Crippen LogP contribution in [0.25, 0.3) is 0 Å². The van der Waals surface area contributed by atoms with E-state index in [1.165, 1.54) is 0 Å². The maximum atomic E-state index is 12.6. The van der Waals surface area contributed by atoms with E-state index in [0.717, 1.165) is 58.1 Å². The topological polar surface area (TPSA) is 82.6 Å². The van der Waals surface area contributed by atoms with Gasteiger partial charge in [0.15, 0.2) is 0 Å². The van der Waals surface area contributed by atoms with Gasteiger partial charge in [0.25, 0.3) is 0 Å². The predicted octanol–water partition coefficient (Wildman–Crippen LogP) is -0.272. The maximum absolute atomic E-state index is 12.6. The molecule has 1 amide bonds. The number of rotatable bonds is 5. The van der Waals surface area contributed by atoms with E-state index >= 15 is 0 Å². The van der Waals surface area contributed by atoms with E-state index in [1.54, 1.807) is 19.5 Å². The molecule has 3 aliphatic rings. The van der Waals surface area contributed by atoms with E-state index in [0.29, 0.717) is 18.4 Å². The number of anilines is 1. The van der Waals surface area contributed by atoms with Crippen LogP contribution in [0.3, 0.4) is 0 Å². The van der Waals surface area contributed by atoms with Crippen LogP contribution in [0.2, 0.25) is 0 Å². The maximum Gasteiger partial charge on any atom is 0.234 e. The number of piperazine rings is 1. The molecule has 0 aromatic carbocycles. The summed E-state index contributed by atoms with van der Waals surface area (Å²) in [6.07, 6.45) is 5.71. The van der Waals surface area contributed by atoms with Crippen LogP contribution in [0.5, 0.6) is 0 Å². The number of hydrogen-bond acceptors (Lipinski definition) is 7. The molecule has 0 bridgehead atoms. The lowest BCUT2D eigenvalue weighted by molar-refractivity contribution is -0.125. The Bertz CT molecular complexity index is 622. The summed E-state index contributed by atoms with van der Waals surface area (Å²) in [7, 11) is 1.76. The summed E-state index contributed by atoms with van der Waals surface area (Å²) in [6.45, 7) is 5.98. The Morgan fingerprint density at radius 1 is 1.19 bits per heavy atom. The average Bonchev–Trinajstić information content (AvgIpc) is 3.16. The molecule has 1 aromatic heterocycles. The largest absolute Gasteiger partial charge is 0.379 e. The second-order valence-corrected chi connectivity index (χ2v) is 7.91. The van der Waals surface area contributed by atoms with Gasteiger partial charge in [-0.3, -0.25) is 9.69 Å². The summed E-state index contributed by atoms with van der Waals surface area (Å²) in [6, 6.07) is 1.95.